The van der Waals surface area contributed by atoms with E-state index in [0.717, 1.165) is 25.7 Å². The van der Waals surface area contributed by atoms with Gasteiger partial charge >= 0.3 is 5.76 Å². The minimum absolute atomic E-state index is 0.142. The van der Waals surface area contributed by atoms with Crippen LogP contribution in [0.5, 0.6) is 0 Å². The number of rotatable bonds is 6. The summed E-state index contributed by atoms with van der Waals surface area (Å²) >= 11 is 6.32. The molecular weight excluding hydrogens is 521 g/mol. The SMILES string of the molecule is CC1CCC(Cn2c(C(C)(F)c3ccccn3)nc3cc(-c4noc(=O)[nH]4)nc(-c4cncc(Cl)c4)c32)CC1. The number of H-pyrrole nitrogens is 1. The molecule has 5 heterocycles. The second-order valence-corrected chi connectivity index (χ2v) is 10.9. The number of aromatic nitrogens is 7. The first-order chi connectivity index (χ1) is 18.8. The molecule has 9 nitrogen and oxygen atoms in total. The fraction of sp³-hybridized carbons (Fsp3) is 0.357. The van der Waals surface area contributed by atoms with Crippen molar-refractivity contribution in [2.24, 2.45) is 11.8 Å². The van der Waals surface area contributed by atoms with E-state index in [9.17, 15) is 4.79 Å². The van der Waals surface area contributed by atoms with E-state index in [0.29, 0.717) is 51.4 Å². The van der Waals surface area contributed by atoms with E-state index < -0.39 is 11.4 Å². The van der Waals surface area contributed by atoms with Crippen LogP contribution in [0.4, 0.5) is 4.39 Å². The molecule has 0 radical (unpaired) electrons. The van der Waals surface area contributed by atoms with Gasteiger partial charge < -0.3 is 4.57 Å². The summed E-state index contributed by atoms with van der Waals surface area (Å²) in [7, 11) is 0. The normalized spacial score (nSPS) is 19.3. The van der Waals surface area contributed by atoms with Gasteiger partial charge in [-0.1, -0.05) is 42.6 Å². The van der Waals surface area contributed by atoms with Gasteiger partial charge in [0, 0.05) is 30.7 Å². The summed E-state index contributed by atoms with van der Waals surface area (Å²) in [5, 5.41) is 4.24. The highest BCUT2D eigenvalue weighted by Crippen LogP contribution is 2.40. The molecule has 11 heteroatoms. The molecular formula is C28H27ClFN7O2. The van der Waals surface area contributed by atoms with Crippen LogP contribution in [0.15, 0.2) is 58.2 Å². The molecule has 0 spiro atoms. The highest BCUT2D eigenvalue weighted by Gasteiger charge is 2.37. The maximum atomic E-state index is 16.8. The van der Waals surface area contributed by atoms with Crippen LogP contribution in [0.3, 0.4) is 0 Å². The van der Waals surface area contributed by atoms with Crippen LogP contribution in [-0.2, 0) is 12.2 Å². The lowest BCUT2D eigenvalue weighted by molar-refractivity contribution is 0.209. The van der Waals surface area contributed by atoms with E-state index in [1.54, 1.807) is 42.7 Å². The van der Waals surface area contributed by atoms with Crippen LogP contribution in [-0.4, -0.2) is 34.6 Å². The lowest BCUT2D eigenvalue weighted by atomic mass is 9.83. The zero-order chi connectivity index (χ0) is 27.1. The number of fused-ring (bicyclic) bond motifs is 1. The first-order valence-electron chi connectivity index (χ1n) is 13.0. The molecule has 1 atom stereocenters. The maximum absolute atomic E-state index is 16.8. The number of alkyl halides is 1. The third-order valence-corrected chi connectivity index (χ3v) is 7.73. The fourth-order valence-corrected chi connectivity index (χ4v) is 5.60. The second kappa shape index (κ2) is 10.00. The molecule has 0 amide bonds. The molecule has 39 heavy (non-hydrogen) atoms. The van der Waals surface area contributed by atoms with Crippen LogP contribution in [0.2, 0.25) is 5.02 Å². The summed E-state index contributed by atoms with van der Waals surface area (Å²) in [6, 6.07) is 8.61. The van der Waals surface area contributed by atoms with E-state index in [-0.39, 0.29) is 17.3 Å². The number of nitrogens with zero attached hydrogens (tertiary/aromatic N) is 6. The number of pyridine rings is 3. The molecule has 1 fully saturated rings. The Bertz CT molecular complexity index is 1690. The molecule has 1 aliphatic rings. The Morgan fingerprint density at radius 3 is 2.69 bits per heavy atom. The number of imidazole rings is 1. The molecule has 5 aromatic rings. The Kier molecular flexibility index (Phi) is 6.50. The van der Waals surface area contributed by atoms with Gasteiger partial charge in [0.2, 0.25) is 11.5 Å². The van der Waals surface area contributed by atoms with Crippen molar-refractivity contribution in [3.05, 3.63) is 76.0 Å². The lowest BCUT2D eigenvalue weighted by Crippen LogP contribution is -2.27. The lowest BCUT2D eigenvalue weighted by Gasteiger charge is -2.29. The van der Waals surface area contributed by atoms with Gasteiger partial charge in [0.15, 0.2) is 5.82 Å². The van der Waals surface area contributed by atoms with Crippen molar-refractivity contribution in [1.82, 2.24) is 34.6 Å². The Morgan fingerprint density at radius 1 is 1.18 bits per heavy atom. The number of halogens is 2. The van der Waals surface area contributed by atoms with Crippen molar-refractivity contribution in [3.63, 3.8) is 0 Å². The van der Waals surface area contributed by atoms with Gasteiger partial charge in [-0.25, -0.2) is 19.2 Å². The molecule has 1 unspecified atom stereocenters. The van der Waals surface area contributed by atoms with Crippen molar-refractivity contribution in [3.8, 4) is 22.8 Å². The number of nitrogens with one attached hydrogen (secondary N) is 1. The topological polar surface area (TPSA) is 115 Å². The van der Waals surface area contributed by atoms with Crippen molar-refractivity contribution < 1.29 is 8.91 Å². The monoisotopic (exact) mass is 547 g/mol. The smallest absolute Gasteiger partial charge is 0.323 e. The minimum Gasteiger partial charge on any atom is -0.323 e. The quantitative estimate of drug-likeness (QED) is 0.279. The zero-order valence-corrected chi connectivity index (χ0v) is 22.3. The fourth-order valence-electron chi connectivity index (χ4n) is 5.42. The van der Waals surface area contributed by atoms with Gasteiger partial charge in [0.25, 0.3) is 0 Å². The van der Waals surface area contributed by atoms with E-state index in [1.165, 1.54) is 13.1 Å². The van der Waals surface area contributed by atoms with Gasteiger partial charge in [-0.3, -0.25) is 19.5 Å². The number of hydrogen-bond donors (Lipinski definition) is 1. The van der Waals surface area contributed by atoms with Crippen molar-refractivity contribution >= 4 is 22.6 Å². The summed E-state index contributed by atoms with van der Waals surface area (Å²) in [6.07, 6.45) is 9.12. The summed E-state index contributed by atoms with van der Waals surface area (Å²) in [5.74, 6) is 0.708. The van der Waals surface area contributed by atoms with Gasteiger partial charge in [-0.2, -0.15) is 0 Å². The van der Waals surface area contributed by atoms with Crippen molar-refractivity contribution in [1.29, 1.82) is 0 Å². The first kappa shape index (κ1) is 25.4. The zero-order valence-electron chi connectivity index (χ0n) is 21.6. The third kappa shape index (κ3) is 4.85. The summed E-state index contributed by atoms with van der Waals surface area (Å²) in [5.41, 5.74) is 0.877. The van der Waals surface area contributed by atoms with Gasteiger partial charge in [-0.15, -0.1) is 0 Å². The third-order valence-electron chi connectivity index (χ3n) is 7.53. The van der Waals surface area contributed by atoms with E-state index in [4.69, 9.17) is 26.1 Å². The van der Waals surface area contributed by atoms with Gasteiger partial charge in [0.1, 0.15) is 5.69 Å². The molecule has 0 aromatic carbocycles. The molecule has 6 rings (SSSR count). The second-order valence-electron chi connectivity index (χ2n) is 10.4. The predicted octanol–water partition coefficient (Wildman–Crippen LogP) is 5.94. The first-order valence-corrected chi connectivity index (χ1v) is 13.4. The Labute approximate surface area is 228 Å². The molecule has 1 aliphatic carbocycles. The number of hydrogen-bond acceptors (Lipinski definition) is 7. The molecule has 1 N–H and O–H groups in total. The minimum atomic E-state index is -1.99. The molecule has 0 saturated heterocycles. The summed E-state index contributed by atoms with van der Waals surface area (Å²) < 4.78 is 23.5. The average molecular weight is 548 g/mol. The molecule has 5 aromatic heterocycles. The largest absolute Gasteiger partial charge is 0.439 e. The Balaban J connectivity index is 1.62. The summed E-state index contributed by atoms with van der Waals surface area (Å²) in [6.45, 7) is 4.34. The highest BCUT2D eigenvalue weighted by atomic mass is 35.5. The van der Waals surface area contributed by atoms with Crippen molar-refractivity contribution in [2.75, 3.05) is 0 Å². The van der Waals surface area contributed by atoms with Gasteiger partial charge in [-0.05, 0) is 55.9 Å². The van der Waals surface area contributed by atoms with Gasteiger partial charge in [0.05, 0.1) is 27.4 Å². The average Bonchev–Trinajstić information content (AvgIpc) is 3.54. The van der Waals surface area contributed by atoms with Crippen LogP contribution in [0, 0.1) is 11.8 Å². The molecule has 0 bridgehead atoms. The Morgan fingerprint density at radius 2 is 2.00 bits per heavy atom. The van der Waals surface area contributed by atoms with E-state index >= 15 is 4.39 Å². The van der Waals surface area contributed by atoms with Crippen molar-refractivity contribution in [2.45, 2.75) is 51.7 Å². The molecule has 1 saturated carbocycles. The van der Waals surface area contributed by atoms with Crippen LogP contribution < -0.4 is 5.76 Å². The van der Waals surface area contributed by atoms with E-state index in [2.05, 4.69) is 27.0 Å². The Hall–Kier alpha value is -3.92. The van der Waals surface area contributed by atoms with E-state index in [1.807, 2.05) is 4.57 Å². The molecule has 200 valence electrons. The highest BCUT2D eigenvalue weighted by molar-refractivity contribution is 6.30. The standard InChI is InChI=1S/C28H27ClFN7O2/c1-16-6-8-17(9-7-16)15-37-24-20(34-26(37)28(2,30)22-5-3-4-10-32-22)12-21(25-35-27(38)39-36-25)33-23(24)18-11-19(29)14-31-13-18/h3-5,10-14,16-17H,6-9,15H2,1-2H3,(H,35,36,38). The number of aromatic amines is 1. The van der Waals surface area contributed by atoms with Crippen LogP contribution in [0.1, 0.15) is 51.0 Å². The predicted molar refractivity (Wildman–Crippen MR) is 145 cm³/mol. The van der Waals surface area contributed by atoms with Crippen LogP contribution >= 0.6 is 11.6 Å². The maximum Gasteiger partial charge on any atom is 0.439 e. The summed E-state index contributed by atoms with van der Waals surface area (Å²) in [4.78, 5) is 32.5. The van der Waals surface area contributed by atoms with Crippen LogP contribution in [0.25, 0.3) is 33.8 Å². The molecule has 0 aliphatic heterocycles.